The first-order chi connectivity index (χ1) is 9.61. The Bertz CT molecular complexity index is 535. The first-order valence-electron chi connectivity index (χ1n) is 6.97. The quantitative estimate of drug-likeness (QED) is 0.898. The number of halogens is 1. The molecule has 2 aliphatic rings. The number of hydrogen-bond donors (Lipinski definition) is 1. The first-order valence-corrected chi connectivity index (χ1v) is 7.76. The van der Waals surface area contributed by atoms with Gasteiger partial charge in [0.2, 0.25) is 0 Å². The fourth-order valence-corrected chi connectivity index (χ4v) is 3.94. The van der Waals surface area contributed by atoms with Crippen molar-refractivity contribution in [2.24, 2.45) is 11.8 Å². The molecule has 3 atom stereocenters. The second-order valence-electron chi connectivity index (χ2n) is 5.63. The maximum absolute atomic E-state index is 12.7. The Morgan fingerprint density at radius 3 is 2.90 bits per heavy atom. The van der Waals surface area contributed by atoms with E-state index in [0.29, 0.717) is 17.9 Å². The van der Waals surface area contributed by atoms with E-state index in [2.05, 4.69) is 28.2 Å². The van der Waals surface area contributed by atoms with Crippen molar-refractivity contribution in [2.45, 2.75) is 13.0 Å². The maximum Gasteiger partial charge on any atom is 0.254 e. The molecule has 0 radical (unpaired) electrons. The van der Waals surface area contributed by atoms with E-state index in [1.807, 2.05) is 23.1 Å². The zero-order valence-electron chi connectivity index (χ0n) is 11.7. The second-order valence-corrected chi connectivity index (χ2v) is 6.48. The predicted octanol–water partition coefficient (Wildman–Crippen LogP) is 2.14. The summed E-state index contributed by atoms with van der Waals surface area (Å²) in [6.07, 6.45) is 0. The second kappa shape index (κ2) is 5.37. The third-order valence-electron chi connectivity index (χ3n) is 4.59. The van der Waals surface area contributed by atoms with Crippen molar-refractivity contribution in [3.05, 3.63) is 28.2 Å². The van der Waals surface area contributed by atoms with Crippen LogP contribution < -0.4 is 10.1 Å². The molecule has 0 aliphatic carbocycles. The standard InChI is InChI=1S/C15H19BrN2O2/c1-9-12-7-17-6-11(12)8-18(9)15(19)10-3-4-14(20-2)13(16)5-10/h3-5,9,11-12,17H,6-8H2,1-2H3. The Morgan fingerprint density at radius 2 is 2.25 bits per heavy atom. The van der Waals surface area contributed by atoms with E-state index >= 15 is 0 Å². The van der Waals surface area contributed by atoms with Crippen LogP contribution in [0.25, 0.3) is 0 Å². The van der Waals surface area contributed by atoms with Crippen molar-refractivity contribution in [3.63, 3.8) is 0 Å². The normalized spacial score (nSPS) is 28.6. The molecular weight excluding hydrogens is 320 g/mol. The highest BCUT2D eigenvalue weighted by atomic mass is 79.9. The summed E-state index contributed by atoms with van der Waals surface area (Å²) in [7, 11) is 1.62. The molecule has 3 rings (SSSR count). The van der Waals surface area contributed by atoms with Gasteiger partial charge in [0.25, 0.3) is 5.91 Å². The van der Waals surface area contributed by atoms with E-state index in [4.69, 9.17) is 4.74 Å². The number of carbonyl (C=O) groups is 1. The maximum atomic E-state index is 12.7. The molecule has 20 heavy (non-hydrogen) atoms. The van der Waals surface area contributed by atoms with Gasteiger partial charge in [0.1, 0.15) is 5.75 Å². The number of nitrogens with one attached hydrogen (secondary N) is 1. The molecule has 0 bridgehead atoms. The van der Waals surface area contributed by atoms with Gasteiger partial charge in [-0.3, -0.25) is 4.79 Å². The van der Waals surface area contributed by atoms with E-state index < -0.39 is 0 Å². The molecule has 0 spiro atoms. The van der Waals surface area contributed by atoms with Crippen LogP contribution in [0.2, 0.25) is 0 Å². The van der Waals surface area contributed by atoms with Crippen molar-refractivity contribution in [1.82, 2.24) is 10.2 Å². The average Bonchev–Trinajstić information content (AvgIpc) is 3.01. The number of amides is 1. The number of rotatable bonds is 2. The summed E-state index contributed by atoms with van der Waals surface area (Å²) in [5.74, 6) is 2.07. The molecule has 1 N–H and O–H groups in total. The van der Waals surface area contributed by atoms with E-state index in [0.717, 1.165) is 35.4 Å². The highest BCUT2D eigenvalue weighted by Crippen LogP contribution is 2.34. The van der Waals surface area contributed by atoms with Crippen molar-refractivity contribution in [3.8, 4) is 5.75 Å². The van der Waals surface area contributed by atoms with Gasteiger partial charge in [0.05, 0.1) is 11.6 Å². The van der Waals surface area contributed by atoms with Crippen LogP contribution in [0.3, 0.4) is 0 Å². The fourth-order valence-electron chi connectivity index (χ4n) is 3.40. The van der Waals surface area contributed by atoms with Crippen LogP contribution in [0.1, 0.15) is 17.3 Å². The number of ether oxygens (including phenoxy) is 1. The Balaban J connectivity index is 1.81. The van der Waals surface area contributed by atoms with Crippen molar-refractivity contribution < 1.29 is 9.53 Å². The molecule has 5 heteroatoms. The molecular formula is C15H19BrN2O2. The van der Waals surface area contributed by atoms with Gasteiger partial charge in [-0.25, -0.2) is 0 Å². The molecule has 1 aromatic rings. The minimum absolute atomic E-state index is 0.121. The molecule has 2 saturated heterocycles. The Labute approximate surface area is 127 Å². The van der Waals surface area contributed by atoms with Crippen LogP contribution in [0.4, 0.5) is 0 Å². The van der Waals surface area contributed by atoms with Crippen LogP contribution in [-0.4, -0.2) is 43.6 Å². The topological polar surface area (TPSA) is 41.6 Å². The number of carbonyl (C=O) groups excluding carboxylic acids is 1. The van der Waals surface area contributed by atoms with Crippen LogP contribution >= 0.6 is 15.9 Å². The smallest absolute Gasteiger partial charge is 0.254 e. The minimum Gasteiger partial charge on any atom is -0.496 e. The van der Waals surface area contributed by atoms with Gasteiger partial charge in [0, 0.05) is 31.2 Å². The molecule has 2 heterocycles. The number of hydrogen-bond acceptors (Lipinski definition) is 3. The monoisotopic (exact) mass is 338 g/mol. The molecule has 108 valence electrons. The van der Waals surface area contributed by atoms with E-state index in [1.54, 1.807) is 7.11 Å². The van der Waals surface area contributed by atoms with Gasteiger partial charge in [0.15, 0.2) is 0 Å². The highest BCUT2D eigenvalue weighted by molar-refractivity contribution is 9.10. The average molecular weight is 339 g/mol. The molecule has 1 aromatic carbocycles. The van der Waals surface area contributed by atoms with Crippen LogP contribution in [0, 0.1) is 11.8 Å². The van der Waals surface area contributed by atoms with Crippen molar-refractivity contribution in [1.29, 1.82) is 0 Å². The molecule has 1 amide bonds. The highest BCUT2D eigenvalue weighted by Gasteiger charge is 2.43. The van der Waals surface area contributed by atoms with Gasteiger partial charge in [-0.15, -0.1) is 0 Å². The van der Waals surface area contributed by atoms with Gasteiger partial charge >= 0.3 is 0 Å². The van der Waals surface area contributed by atoms with Crippen LogP contribution in [0.5, 0.6) is 5.75 Å². The Hall–Kier alpha value is -1.07. The lowest BCUT2D eigenvalue weighted by molar-refractivity contribution is 0.0728. The van der Waals surface area contributed by atoms with E-state index in [-0.39, 0.29) is 5.91 Å². The first kappa shape index (κ1) is 13.9. The summed E-state index contributed by atoms with van der Waals surface area (Å²) in [6, 6.07) is 5.83. The molecule has 2 aliphatic heterocycles. The summed E-state index contributed by atoms with van der Waals surface area (Å²) >= 11 is 3.44. The minimum atomic E-state index is 0.121. The third kappa shape index (κ3) is 2.23. The van der Waals surface area contributed by atoms with Gasteiger partial charge in [-0.1, -0.05) is 0 Å². The molecule has 4 nitrogen and oxygen atoms in total. The lowest BCUT2D eigenvalue weighted by Crippen LogP contribution is -2.38. The fraction of sp³-hybridized carbons (Fsp3) is 0.533. The number of nitrogens with zero attached hydrogens (tertiary/aromatic N) is 1. The van der Waals surface area contributed by atoms with Gasteiger partial charge in [-0.2, -0.15) is 0 Å². The lowest BCUT2D eigenvalue weighted by atomic mass is 9.95. The summed E-state index contributed by atoms with van der Waals surface area (Å²) in [4.78, 5) is 14.7. The zero-order chi connectivity index (χ0) is 14.3. The number of benzene rings is 1. The molecule has 0 aromatic heterocycles. The zero-order valence-corrected chi connectivity index (χ0v) is 13.3. The lowest BCUT2D eigenvalue weighted by Gasteiger charge is -2.24. The van der Waals surface area contributed by atoms with Crippen LogP contribution in [0.15, 0.2) is 22.7 Å². The van der Waals surface area contributed by atoms with Crippen molar-refractivity contribution in [2.75, 3.05) is 26.7 Å². The Morgan fingerprint density at radius 1 is 1.45 bits per heavy atom. The molecule has 3 unspecified atom stereocenters. The Kier molecular flexibility index (Phi) is 3.73. The predicted molar refractivity (Wildman–Crippen MR) is 81.0 cm³/mol. The number of fused-ring (bicyclic) bond motifs is 1. The van der Waals surface area contributed by atoms with Gasteiger partial charge < -0.3 is 15.0 Å². The summed E-state index contributed by atoms with van der Waals surface area (Å²) in [5, 5.41) is 3.42. The third-order valence-corrected chi connectivity index (χ3v) is 5.21. The molecule has 0 saturated carbocycles. The van der Waals surface area contributed by atoms with E-state index in [1.165, 1.54) is 0 Å². The summed E-state index contributed by atoms with van der Waals surface area (Å²) in [5.41, 5.74) is 0.720. The van der Waals surface area contributed by atoms with Crippen LogP contribution in [-0.2, 0) is 0 Å². The number of likely N-dealkylation sites (tertiary alicyclic amines) is 1. The van der Waals surface area contributed by atoms with E-state index in [9.17, 15) is 4.79 Å². The summed E-state index contributed by atoms with van der Waals surface area (Å²) < 4.78 is 6.03. The molecule has 2 fully saturated rings. The summed E-state index contributed by atoms with van der Waals surface area (Å²) in [6.45, 7) is 5.09. The number of methoxy groups -OCH3 is 1. The van der Waals surface area contributed by atoms with Gasteiger partial charge in [-0.05, 0) is 52.9 Å². The largest absolute Gasteiger partial charge is 0.496 e. The van der Waals surface area contributed by atoms with Crippen molar-refractivity contribution >= 4 is 21.8 Å². The SMILES string of the molecule is COc1ccc(C(=O)N2CC3CNCC3C2C)cc1Br.